The van der Waals surface area contributed by atoms with Gasteiger partial charge in [-0.05, 0) is 54.5 Å². The number of carbonyl (C=O) groups excluding carboxylic acids is 2. The lowest BCUT2D eigenvalue weighted by Gasteiger charge is -2.41. The van der Waals surface area contributed by atoms with Crippen LogP contribution in [-0.2, 0) is 32.7 Å². The molecule has 1 aromatic heterocycles. The smallest absolute Gasteiger partial charge is 0.341 e. The molecule has 1 aliphatic heterocycles. The van der Waals surface area contributed by atoms with Crippen LogP contribution in [0.25, 0.3) is 0 Å². The first-order valence-corrected chi connectivity index (χ1v) is 18.0. The second-order valence-corrected chi connectivity index (χ2v) is 14.4. The summed E-state index contributed by atoms with van der Waals surface area (Å²) in [5, 5.41) is 0. The van der Waals surface area contributed by atoms with Gasteiger partial charge in [-0.2, -0.15) is 4.31 Å². The molecule has 2 aliphatic rings. The molecule has 9 nitrogen and oxygen atoms in total. The number of sulfonamides is 1. The average molecular weight is 744 g/mol. The number of carbonyl (C=O) groups is 2. The number of rotatable bonds is 11. The molecule has 2 heterocycles. The van der Waals surface area contributed by atoms with E-state index in [0.29, 0.717) is 15.9 Å². The van der Waals surface area contributed by atoms with E-state index in [2.05, 4.69) is 4.98 Å². The van der Waals surface area contributed by atoms with E-state index in [-0.39, 0.29) is 36.6 Å². The van der Waals surface area contributed by atoms with Gasteiger partial charge in [0.2, 0.25) is 21.7 Å². The summed E-state index contributed by atoms with van der Waals surface area (Å²) in [6.07, 6.45) is 7.04. The number of hydrogen-bond donors (Lipinski definition) is 0. The van der Waals surface area contributed by atoms with Gasteiger partial charge in [-0.15, -0.1) is 0 Å². The topological polar surface area (TPSA) is 106 Å². The van der Waals surface area contributed by atoms with Gasteiger partial charge >= 0.3 is 5.97 Å². The van der Waals surface area contributed by atoms with Crippen molar-refractivity contribution in [3.63, 3.8) is 0 Å². The van der Waals surface area contributed by atoms with Crippen LogP contribution in [0.3, 0.4) is 0 Å². The van der Waals surface area contributed by atoms with E-state index < -0.39 is 68.5 Å². The lowest BCUT2D eigenvalue weighted by atomic mass is 9.85. The number of hydrogen-bond acceptors (Lipinski definition) is 7. The molecule has 274 valence electrons. The van der Waals surface area contributed by atoms with Gasteiger partial charge in [-0.3, -0.25) is 9.78 Å². The van der Waals surface area contributed by atoms with Crippen molar-refractivity contribution < 1.29 is 49.4 Å². The van der Waals surface area contributed by atoms with Crippen LogP contribution in [0.1, 0.15) is 71.6 Å². The summed E-state index contributed by atoms with van der Waals surface area (Å²) in [5.74, 6) is -13.7. The van der Waals surface area contributed by atoms with Gasteiger partial charge < -0.3 is 14.4 Å². The van der Waals surface area contributed by atoms with Crippen molar-refractivity contribution in [3.8, 4) is 5.75 Å². The number of amides is 1. The first-order chi connectivity index (χ1) is 24.9. The van der Waals surface area contributed by atoms with E-state index in [9.17, 15) is 40.0 Å². The van der Waals surface area contributed by atoms with Crippen molar-refractivity contribution in [2.24, 2.45) is 0 Å². The Bertz CT molecular complexity index is 2050. The van der Waals surface area contributed by atoms with Gasteiger partial charge in [0, 0.05) is 24.5 Å². The van der Waals surface area contributed by atoms with Crippen LogP contribution in [0.2, 0.25) is 0 Å². The molecule has 0 radical (unpaired) electrons. The van der Waals surface area contributed by atoms with Gasteiger partial charge in [0.05, 0.1) is 19.3 Å². The molecule has 0 unspecified atom stereocenters. The monoisotopic (exact) mass is 743 g/mol. The van der Waals surface area contributed by atoms with Crippen LogP contribution >= 0.6 is 0 Å². The molecule has 2 fully saturated rings. The van der Waals surface area contributed by atoms with Crippen molar-refractivity contribution in [2.75, 3.05) is 18.6 Å². The fraction of sp³-hybridized carbons (Fsp3) is 0.324. The van der Waals surface area contributed by atoms with Crippen LogP contribution in [0.15, 0.2) is 71.8 Å². The van der Waals surface area contributed by atoms with Crippen LogP contribution in [0.4, 0.5) is 27.6 Å². The van der Waals surface area contributed by atoms with Crippen molar-refractivity contribution in [2.45, 2.75) is 68.5 Å². The lowest BCUT2D eigenvalue weighted by molar-refractivity contribution is -0.125. The first-order valence-electron chi connectivity index (χ1n) is 16.6. The predicted octanol–water partition coefficient (Wildman–Crippen LogP) is 7.19. The minimum atomic E-state index is -5.41. The van der Waals surface area contributed by atoms with E-state index in [1.54, 1.807) is 36.5 Å². The fourth-order valence-electron chi connectivity index (χ4n) is 6.48. The van der Waals surface area contributed by atoms with E-state index in [4.69, 9.17) is 9.47 Å². The summed E-state index contributed by atoms with van der Waals surface area (Å²) < 4.78 is 110. The third kappa shape index (κ3) is 7.24. The molecule has 4 aromatic rings. The number of ether oxygens (including phenoxy) is 2. The van der Waals surface area contributed by atoms with Crippen molar-refractivity contribution >= 4 is 27.6 Å². The highest BCUT2D eigenvalue weighted by atomic mass is 32.2. The van der Waals surface area contributed by atoms with Crippen LogP contribution in [-0.4, -0.2) is 49.3 Å². The minimum Gasteiger partial charge on any atom is -0.488 e. The maximum Gasteiger partial charge on any atom is 0.341 e. The van der Waals surface area contributed by atoms with E-state index in [0.717, 1.165) is 36.8 Å². The first kappa shape index (κ1) is 36.9. The molecule has 0 spiro atoms. The second-order valence-electron chi connectivity index (χ2n) is 12.6. The van der Waals surface area contributed by atoms with Gasteiger partial charge in [0.25, 0.3) is 0 Å². The van der Waals surface area contributed by atoms with Gasteiger partial charge in [-0.25, -0.2) is 35.2 Å². The summed E-state index contributed by atoms with van der Waals surface area (Å²) in [7, 11) is -4.22. The summed E-state index contributed by atoms with van der Waals surface area (Å²) in [4.78, 5) is 30.7. The average Bonchev–Trinajstić information content (AvgIpc) is 3.14. The zero-order valence-corrected chi connectivity index (χ0v) is 28.8. The summed E-state index contributed by atoms with van der Waals surface area (Å²) in [6.45, 7) is -0.623. The minimum absolute atomic E-state index is 0.0307. The number of halogens is 5. The summed E-state index contributed by atoms with van der Waals surface area (Å²) in [6, 6.07) is 15.3. The molecule has 1 amide bonds. The Morgan fingerprint density at radius 3 is 2.13 bits per heavy atom. The molecule has 0 bridgehead atoms. The number of anilines is 1. The number of nitrogens with zero attached hydrogens (tertiary/aromatic N) is 3. The lowest BCUT2D eigenvalue weighted by Crippen LogP contribution is -2.59. The molecular weight excluding hydrogens is 709 g/mol. The Kier molecular flexibility index (Phi) is 10.9. The Morgan fingerprint density at radius 1 is 0.865 bits per heavy atom. The molecule has 15 heteroatoms. The highest BCUT2D eigenvalue weighted by Crippen LogP contribution is 2.37. The second kappa shape index (κ2) is 15.4. The van der Waals surface area contributed by atoms with Crippen LogP contribution in [0, 0.1) is 29.1 Å². The molecule has 52 heavy (non-hydrogen) atoms. The summed E-state index contributed by atoms with van der Waals surface area (Å²) in [5.41, 5.74) is 2.38. The fourth-order valence-corrected chi connectivity index (χ4v) is 8.23. The SMILES string of the molecule is COC(=O)c1ccc(N(Cc2ccc(C3CCCCC3)cn2)C(=O)[C@H]2CCN2S(=O)(=O)c2c(F)c(F)c(F)c(F)c2F)cc1OCc1ccccc1. The van der Waals surface area contributed by atoms with Gasteiger partial charge in [0.1, 0.15) is 24.0 Å². The summed E-state index contributed by atoms with van der Waals surface area (Å²) >= 11 is 0. The number of methoxy groups -OCH3 is 1. The number of esters is 1. The quantitative estimate of drug-likeness (QED) is 0.0694. The largest absolute Gasteiger partial charge is 0.488 e. The van der Waals surface area contributed by atoms with Gasteiger partial charge in [-0.1, -0.05) is 55.7 Å². The molecular formula is C37H34F5N3O6S. The molecule has 1 saturated carbocycles. The molecule has 1 saturated heterocycles. The van der Waals surface area contributed by atoms with E-state index >= 15 is 0 Å². The predicted molar refractivity (Wildman–Crippen MR) is 178 cm³/mol. The highest BCUT2D eigenvalue weighted by Gasteiger charge is 2.48. The Morgan fingerprint density at radius 2 is 1.54 bits per heavy atom. The Labute approximate surface area is 297 Å². The number of aromatic nitrogens is 1. The third-order valence-electron chi connectivity index (χ3n) is 9.42. The number of pyridine rings is 1. The van der Waals surface area contributed by atoms with Crippen molar-refractivity contribution in [1.29, 1.82) is 0 Å². The van der Waals surface area contributed by atoms with Crippen molar-refractivity contribution in [3.05, 3.63) is 118 Å². The normalized spacial score (nSPS) is 16.6. The molecule has 1 atom stereocenters. The standard InChI is InChI=1S/C37H34F5N3O6S/c1-50-37(47)27-15-14-26(18-29(27)51-21-22-8-4-2-5-9-22)44(20-25-13-12-24(19-43-25)23-10-6-3-7-11-23)36(46)28-16-17-45(28)52(48,49)35-33(41)31(39)30(38)32(40)34(35)42/h2,4-5,8-9,12-15,18-19,23,28H,3,6-7,10-11,16-17,20-21H2,1H3/t28-/m1/s1. The van der Waals surface area contributed by atoms with Gasteiger partial charge in [0.15, 0.2) is 28.2 Å². The zero-order chi connectivity index (χ0) is 37.2. The van der Waals surface area contributed by atoms with Crippen LogP contribution < -0.4 is 9.64 Å². The zero-order valence-electron chi connectivity index (χ0n) is 28.0. The third-order valence-corrected chi connectivity index (χ3v) is 11.4. The maximum absolute atomic E-state index is 14.7. The molecule has 0 N–H and O–H groups in total. The molecule has 3 aromatic carbocycles. The van der Waals surface area contributed by atoms with Crippen molar-refractivity contribution in [1.82, 2.24) is 9.29 Å². The van der Waals surface area contributed by atoms with E-state index in [1.165, 1.54) is 36.6 Å². The molecule has 1 aliphatic carbocycles. The van der Waals surface area contributed by atoms with Crippen LogP contribution in [0.5, 0.6) is 5.75 Å². The number of benzene rings is 3. The van der Waals surface area contributed by atoms with E-state index in [1.807, 2.05) is 12.1 Å². The maximum atomic E-state index is 14.7. The Balaban J connectivity index is 1.37. The molecule has 6 rings (SSSR count). The Hall–Kier alpha value is -4.89. The highest BCUT2D eigenvalue weighted by molar-refractivity contribution is 7.89.